The predicted octanol–water partition coefficient (Wildman–Crippen LogP) is 1.30. The van der Waals surface area contributed by atoms with Crippen molar-refractivity contribution in [2.75, 3.05) is 24.9 Å². The molecule has 0 bridgehead atoms. The number of esters is 1. The van der Waals surface area contributed by atoms with E-state index in [1.54, 1.807) is 0 Å². The van der Waals surface area contributed by atoms with E-state index in [1.165, 1.54) is 0 Å². The number of aliphatic hydroxyl groups excluding tert-OH is 1. The van der Waals surface area contributed by atoms with Gasteiger partial charge in [-0.05, 0) is 0 Å². The van der Waals surface area contributed by atoms with E-state index in [0.29, 0.717) is 0 Å². The molecule has 0 aliphatic heterocycles. The Balaban J connectivity index is 3.40. The van der Waals surface area contributed by atoms with Gasteiger partial charge in [-0.2, -0.15) is 0 Å². The van der Waals surface area contributed by atoms with Crippen molar-refractivity contribution in [3.05, 3.63) is 37.9 Å². The van der Waals surface area contributed by atoms with Crippen molar-refractivity contribution < 1.29 is 24.5 Å². The molecule has 0 aliphatic rings. The van der Waals surface area contributed by atoms with Gasteiger partial charge in [0.25, 0.3) is 11.4 Å². The van der Waals surface area contributed by atoms with Gasteiger partial charge in [0.1, 0.15) is 0 Å². The molecule has 0 fully saturated rings. The maximum Gasteiger partial charge on any atom is 0.338 e. The van der Waals surface area contributed by atoms with E-state index < -0.39 is 39.0 Å². The second-order valence-electron chi connectivity index (χ2n) is 4.08. The number of nitro benzene ring substituents is 2. The van der Waals surface area contributed by atoms with Gasteiger partial charge < -0.3 is 15.2 Å². The normalized spacial score (nSPS) is 11.6. The zero-order chi connectivity index (χ0) is 16.9. The minimum atomic E-state index is -1.05. The van der Waals surface area contributed by atoms with Crippen LogP contribution in [0.2, 0.25) is 0 Å². The van der Waals surface area contributed by atoms with Crippen LogP contribution in [-0.2, 0) is 4.74 Å². The number of benzene rings is 1. The number of alkyl halides is 1. The number of anilines is 1. The molecule has 0 aromatic heterocycles. The van der Waals surface area contributed by atoms with Crippen molar-refractivity contribution in [2.45, 2.75) is 6.10 Å². The number of methoxy groups -OCH3 is 1. The second-order valence-corrected chi connectivity index (χ2v) is 4.39. The second kappa shape index (κ2) is 7.52. The molecule has 0 aliphatic carbocycles. The lowest BCUT2D eigenvalue weighted by molar-refractivity contribution is -0.392. The Morgan fingerprint density at radius 1 is 1.36 bits per heavy atom. The SMILES string of the molecule is COC(=O)c1cc([N+](=O)[O-])c(NCC(O)CCl)c([N+](=O)[O-])c1. The Bertz CT molecular complexity index is 572. The van der Waals surface area contributed by atoms with Crippen LogP contribution in [0.3, 0.4) is 0 Å². The molecular weight excluding hydrogens is 322 g/mol. The Morgan fingerprint density at radius 2 is 1.86 bits per heavy atom. The highest BCUT2D eigenvalue weighted by atomic mass is 35.5. The Hall–Kier alpha value is -2.46. The van der Waals surface area contributed by atoms with E-state index in [4.69, 9.17) is 11.6 Å². The molecule has 1 atom stereocenters. The first-order valence-corrected chi connectivity index (χ1v) is 6.38. The lowest BCUT2D eigenvalue weighted by Gasteiger charge is -2.11. The van der Waals surface area contributed by atoms with Crippen molar-refractivity contribution >= 4 is 34.6 Å². The van der Waals surface area contributed by atoms with Crippen LogP contribution in [0.5, 0.6) is 0 Å². The van der Waals surface area contributed by atoms with E-state index in [0.717, 1.165) is 19.2 Å². The fourth-order valence-electron chi connectivity index (χ4n) is 1.59. The fraction of sp³-hybridized carbons (Fsp3) is 0.364. The number of rotatable bonds is 7. The number of nitrogens with zero attached hydrogens (tertiary/aromatic N) is 2. The summed E-state index contributed by atoms with van der Waals surface area (Å²) < 4.78 is 4.40. The third kappa shape index (κ3) is 4.02. The van der Waals surface area contributed by atoms with Crippen LogP contribution in [0, 0.1) is 20.2 Å². The number of nitrogens with one attached hydrogen (secondary N) is 1. The molecule has 0 saturated carbocycles. The Labute approximate surface area is 128 Å². The first-order chi connectivity index (χ1) is 10.3. The van der Waals surface area contributed by atoms with E-state index in [1.807, 2.05) is 0 Å². The van der Waals surface area contributed by atoms with Gasteiger partial charge >= 0.3 is 5.97 Å². The molecule has 22 heavy (non-hydrogen) atoms. The molecule has 0 saturated heterocycles. The Kier molecular flexibility index (Phi) is 6.01. The number of aliphatic hydroxyl groups is 1. The zero-order valence-corrected chi connectivity index (χ0v) is 12.1. The van der Waals surface area contributed by atoms with Gasteiger partial charge in [0.15, 0.2) is 5.69 Å². The molecule has 11 heteroatoms. The Morgan fingerprint density at radius 3 is 2.23 bits per heavy atom. The molecular formula is C11H12ClN3O7. The first-order valence-electron chi connectivity index (χ1n) is 5.84. The minimum Gasteiger partial charge on any atom is -0.465 e. The van der Waals surface area contributed by atoms with Crippen LogP contribution >= 0.6 is 11.6 Å². The van der Waals surface area contributed by atoms with Gasteiger partial charge in [-0.15, -0.1) is 11.6 Å². The zero-order valence-electron chi connectivity index (χ0n) is 11.3. The number of nitro groups is 2. The topological polar surface area (TPSA) is 145 Å². The molecule has 2 N–H and O–H groups in total. The molecule has 1 unspecified atom stereocenters. The van der Waals surface area contributed by atoms with Crippen LogP contribution < -0.4 is 5.32 Å². The highest BCUT2D eigenvalue weighted by molar-refractivity contribution is 6.18. The van der Waals surface area contributed by atoms with E-state index in [9.17, 15) is 30.1 Å². The third-order valence-electron chi connectivity index (χ3n) is 2.60. The minimum absolute atomic E-state index is 0.158. The fourth-order valence-corrected chi connectivity index (χ4v) is 1.70. The molecule has 0 spiro atoms. The van der Waals surface area contributed by atoms with Gasteiger partial charge in [-0.3, -0.25) is 20.2 Å². The number of hydrogen-bond acceptors (Lipinski definition) is 8. The summed E-state index contributed by atoms with van der Waals surface area (Å²) in [5.41, 5.74) is -2.12. The average Bonchev–Trinajstić information content (AvgIpc) is 2.50. The summed E-state index contributed by atoms with van der Waals surface area (Å²) >= 11 is 5.39. The maximum atomic E-state index is 11.4. The van der Waals surface area contributed by atoms with Crippen LogP contribution in [0.25, 0.3) is 0 Å². The smallest absolute Gasteiger partial charge is 0.338 e. The summed E-state index contributed by atoms with van der Waals surface area (Å²) in [5, 5.41) is 33.9. The van der Waals surface area contributed by atoms with E-state index in [2.05, 4.69) is 10.1 Å². The number of halogens is 1. The number of carbonyl (C=O) groups is 1. The van der Waals surface area contributed by atoms with Gasteiger partial charge in [0.2, 0.25) is 0 Å². The first kappa shape index (κ1) is 17.6. The number of ether oxygens (including phenoxy) is 1. The molecule has 0 radical (unpaired) electrons. The maximum absolute atomic E-state index is 11.4. The van der Waals surface area contributed by atoms with E-state index >= 15 is 0 Å². The van der Waals surface area contributed by atoms with Gasteiger partial charge in [-0.1, -0.05) is 0 Å². The van der Waals surface area contributed by atoms with Gasteiger partial charge in [0, 0.05) is 18.7 Å². The number of carbonyl (C=O) groups excluding carboxylic acids is 1. The highest BCUT2D eigenvalue weighted by Crippen LogP contribution is 2.35. The summed E-state index contributed by atoms with van der Waals surface area (Å²) in [6, 6.07) is 1.71. The van der Waals surface area contributed by atoms with E-state index in [-0.39, 0.29) is 18.0 Å². The van der Waals surface area contributed by atoms with Crippen molar-refractivity contribution in [1.82, 2.24) is 0 Å². The predicted molar refractivity (Wildman–Crippen MR) is 76.3 cm³/mol. The largest absolute Gasteiger partial charge is 0.465 e. The van der Waals surface area contributed by atoms with Crippen molar-refractivity contribution in [2.24, 2.45) is 0 Å². The molecule has 1 rings (SSSR count). The highest BCUT2D eigenvalue weighted by Gasteiger charge is 2.29. The monoisotopic (exact) mass is 333 g/mol. The van der Waals surface area contributed by atoms with Crippen molar-refractivity contribution in [1.29, 1.82) is 0 Å². The summed E-state index contributed by atoms with van der Waals surface area (Å²) in [5.74, 6) is -1.10. The lowest BCUT2D eigenvalue weighted by atomic mass is 10.1. The van der Waals surface area contributed by atoms with Gasteiger partial charge in [-0.25, -0.2) is 4.79 Å². The van der Waals surface area contributed by atoms with Crippen LogP contribution in [0.15, 0.2) is 12.1 Å². The molecule has 10 nitrogen and oxygen atoms in total. The lowest BCUT2D eigenvalue weighted by Crippen LogP contribution is -2.22. The van der Waals surface area contributed by atoms with Crippen LogP contribution in [0.1, 0.15) is 10.4 Å². The average molecular weight is 334 g/mol. The van der Waals surface area contributed by atoms with Crippen LogP contribution in [-0.4, -0.2) is 46.6 Å². The summed E-state index contributed by atoms with van der Waals surface area (Å²) in [6.07, 6.45) is -1.05. The summed E-state index contributed by atoms with van der Waals surface area (Å²) in [7, 11) is 1.04. The van der Waals surface area contributed by atoms with Gasteiger partial charge in [0.05, 0.1) is 34.5 Å². The summed E-state index contributed by atoms with van der Waals surface area (Å²) in [4.78, 5) is 31.8. The van der Waals surface area contributed by atoms with Crippen molar-refractivity contribution in [3.63, 3.8) is 0 Å². The van der Waals surface area contributed by atoms with Crippen molar-refractivity contribution in [3.8, 4) is 0 Å². The number of hydrogen-bond donors (Lipinski definition) is 2. The third-order valence-corrected chi connectivity index (χ3v) is 2.96. The molecule has 0 amide bonds. The standard InChI is InChI=1S/C11H12ClN3O7/c1-22-11(17)6-2-8(14(18)19)10(9(3-6)15(20)21)13-5-7(16)4-12/h2-3,7,13,16H,4-5H2,1H3. The van der Waals surface area contributed by atoms with Crippen LogP contribution in [0.4, 0.5) is 17.1 Å². The molecule has 1 aromatic carbocycles. The molecule has 1 aromatic rings. The quantitative estimate of drug-likeness (QED) is 0.328. The molecule has 0 heterocycles. The molecule has 120 valence electrons. The summed E-state index contributed by atoms with van der Waals surface area (Å²) in [6.45, 7) is -0.233.